The van der Waals surface area contributed by atoms with Crippen molar-refractivity contribution in [3.8, 4) is 5.75 Å². The minimum atomic E-state index is -0.517. The number of halogens is 1. The largest absolute Gasteiger partial charge is 0.495 e. The maximum absolute atomic E-state index is 11.9. The number of rotatable bonds is 3. The van der Waals surface area contributed by atoms with Gasteiger partial charge in [0.15, 0.2) is 0 Å². The van der Waals surface area contributed by atoms with Gasteiger partial charge >= 0.3 is 5.63 Å². The van der Waals surface area contributed by atoms with Gasteiger partial charge in [-0.1, -0.05) is 11.6 Å². The highest BCUT2D eigenvalue weighted by atomic mass is 35.5. The molecule has 0 spiro atoms. The zero-order valence-corrected chi connectivity index (χ0v) is 10.7. The van der Waals surface area contributed by atoms with Crippen LogP contribution in [0.5, 0.6) is 5.75 Å². The van der Waals surface area contributed by atoms with E-state index in [-0.39, 0.29) is 5.56 Å². The van der Waals surface area contributed by atoms with E-state index in [1.807, 2.05) is 0 Å². The van der Waals surface area contributed by atoms with Crippen LogP contribution in [-0.2, 0) is 0 Å². The minimum Gasteiger partial charge on any atom is -0.495 e. The molecule has 0 aliphatic rings. The zero-order chi connectivity index (χ0) is 13.8. The Bertz CT molecular complexity index is 645. The van der Waals surface area contributed by atoms with E-state index in [1.165, 1.54) is 19.2 Å². The molecule has 1 heterocycles. The smallest absolute Gasteiger partial charge is 0.335 e. The van der Waals surface area contributed by atoms with Gasteiger partial charge in [0.05, 0.1) is 18.4 Å². The van der Waals surface area contributed by atoms with E-state index in [1.54, 1.807) is 18.2 Å². The molecular weight excluding hydrogens is 270 g/mol. The van der Waals surface area contributed by atoms with Gasteiger partial charge < -0.3 is 14.5 Å². The van der Waals surface area contributed by atoms with Crippen molar-refractivity contribution in [2.45, 2.75) is 0 Å². The van der Waals surface area contributed by atoms with Gasteiger partial charge in [-0.2, -0.15) is 0 Å². The predicted octanol–water partition coefficient (Wildman–Crippen LogP) is 2.55. The van der Waals surface area contributed by atoms with E-state index in [4.69, 9.17) is 16.3 Å². The number of amides is 1. The maximum atomic E-state index is 11.9. The molecule has 19 heavy (non-hydrogen) atoms. The third-order valence-electron chi connectivity index (χ3n) is 2.37. The topological polar surface area (TPSA) is 68.5 Å². The number of ether oxygens (including phenoxy) is 1. The van der Waals surface area contributed by atoms with Gasteiger partial charge in [0.25, 0.3) is 5.91 Å². The number of carbonyl (C=O) groups excluding carboxylic acids is 1. The Labute approximate surface area is 113 Å². The molecule has 0 aliphatic carbocycles. The van der Waals surface area contributed by atoms with Gasteiger partial charge in [0.2, 0.25) is 0 Å². The number of carbonyl (C=O) groups is 1. The van der Waals surface area contributed by atoms with Gasteiger partial charge in [-0.3, -0.25) is 4.79 Å². The van der Waals surface area contributed by atoms with Crippen molar-refractivity contribution in [2.24, 2.45) is 0 Å². The molecule has 1 aromatic carbocycles. The SMILES string of the molecule is COc1ccc(Cl)cc1NC(=O)c1ccc(=O)oc1. The maximum Gasteiger partial charge on any atom is 0.335 e. The van der Waals surface area contributed by atoms with E-state index in [9.17, 15) is 9.59 Å². The van der Waals surface area contributed by atoms with E-state index < -0.39 is 11.5 Å². The fraction of sp³-hybridized carbons (Fsp3) is 0.0769. The molecule has 0 aliphatic heterocycles. The van der Waals surface area contributed by atoms with Crippen molar-refractivity contribution in [1.29, 1.82) is 0 Å². The first-order valence-electron chi connectivity index (χ1n) is 5.34. The number of methoxy groups -OCH3 is 1. The summed E-state index contributed by atoms with van der Waals surface area (Å²) in [6, 6.07) is 7.40. The highest BCUT2D eigenvalue weighted by Crippen LogP contribution is 2.27. The Morgan fingerprint density at radius 3 is 2.74 bits per heavy atom. The first kappa shape index (κ1) is 13.2. The summed E-state index contributed by atoms with van der Waals surface area (Å²) in [6.07, 6.45) is 1.09. The summed E-state index contributed by atoms with van der Waals surface area (Å²) in [7, 11) is 1.49. The minimum absolute atomic E-state index is 0.224. The third kappa shape index (κ3) is 3.14. The van der Waals surface area contributed by atoms with Crippen LogP contribution in [0.2, 0.25) is 5.02 Å². The van der Waals surface area contributed by atoms with Gasteiger partial charge in [-0.15, -0.1) is 0 Å². The van der Waals surface area contributed by atoms with E-state index in [2.05, 4.69) is 9.73 Å². The molecule has 0 atom stereocenters. The van der Waals surface area contributed by atoms with Crippen molar-refractivity contribution in [1.82, 2.24) is 0 Å². The molecule has 0 unspecified atom stereocenters. The average molecular weight is 280 g/mol. The second-order valence-corrected chi connectivity index (χ2v) is 4.08. The molecule has 0 saturated heterocycles. The normalized spacial score (nSPS) is 10.0. The standard InChI is InChI=1S/C13H10ClNO4/c1-18-11-4-3-9(14)6-10(11)15-13(17)8-2-5-12(16)19-7-8/h2-7H,1H3,(H,15,17). The van der Waals surface area contributed by atoms with Gasteiger partial charge in [-0.05, 0) is 24.3 Å². The molecule has 0 saturated carbocycles. The average Bonchev–Trinajstić information content (AvgIpc) is 2.39. The summed E-state index contributed by atoms with van der Waals surface area (Å²) in [5.41, 5.74) is 0.143. The molecule has 98 valence electrons. The fourth-order valence-corrected chi connectivity index (χ4v) is 1.63. The third-order valence-corrected chi connectivity index (χ3v) is 2.61. The lowest BCUT2D eigenvalue weighted by Crippen LogP contribution is -2.13. The summed E-state index contributed by atoms with van der Waals surface area (Å²) < 4.78 is 9.73. The number of anilines is 1. The number of nitrogens with one attached hydrogen (secondary N) is 1. The second-order valence-electron chi connectivity index (χ2n) is 3.64. The lowest BCUT2D eigenvalue weighted by Gasteiger charge is -2.10. The Kier molecular flexibility index (Phi) is 3.87. The molecule has 1 amide bonds. The van der Waals surface area contributed by atoms with Crippen LogP contribution >= 0.6 is 11.6 Å². The molecule has 2 aromatic rings. The van der Waals surface area contributed by atoms with E-state index in [0.717, 1.165) is 6.26 Å². The molecular formula is C13H10ClNO4. The number of hydrogen-bond donors (Lipinski definition) is 1. The Balaban J connectivity index is 2.25. The van der Waals surface area contributed by atoms with Crippen LogP contribution in [0.1, 0.15) is 10.4 Å². The van der Waals surface area contributed by atoms with E-state index in [0.29, 0.717) is 16.5 Å². The summed E-state index contributed by atoms with van der Waals surface area (Å²) in [4.78, 5) is 22.7. The van der Waals surface area contributed by atoms with Gasteiger partial charge in [0, 0.05) is 11.1 Å². The Hall–Kier alpha value is -2.27. The van der Waals surface area contributed by atoms with Gasteiger partial charge in [-0.25, -0.2) is 4.79 Å². The molecule has 0 radical (unpaired) electrons. The fourth-order valence-electron chi connectivity index (χ4n) is 1.46. The number of benzene rings is 1. The first-order valence-corrected chi connectivity index (χ1v) is 5.71. The summed E-state index contributed by atoms with van der Waals surface area (Å²) in [5, 5.41) is 3.10. The van der Waals surface area contributed by atoms with Crippen LogP contribution in [0.4, 0.5) is 5.69 Å². The van der Waals surface area contributed by atoms with Crippen LogP contribution in [-0.4, -0.2) is 13.0 Å². The van der Waals surface area contributed by atoms with Crippen LogP contribution < -0.4 is 15.7 Å². The van der Waals surface area contributed by atoms with Crippen LogP contribution in [0.25, 0.3) is 0 Å². The summed E-state index contributed by atoms with van der Waals surface area (Å²) in [5.74, 6) is 0.0550. The molecule has 1 aromatic heterocycles. The predicted molar refractivity (Wildman–Crippen MR) is 70.9 cm³/mol. The summed E-state index contributed by atoms with van der Waals surface area (Å²) >= 11 is 5.86. The van der Waals surface area contributed by atoms with Crippen molar-refractivity contribution in [3.63, 3.8) is 0 Å². The first-order chi connectivity index (χ1) is 9.10. The highest BCUT2D eigenvalue weighted by molar-refractivity contribution is 6.31. The van der Waals surface area contributed by atoms with Crippen molar-refractivity contribution < 1.29 is 13.9 Å². The van der Waals surface area contributed by atoms with Gasteiger partial charge in [0.1, 0.15) is 12.0 Å². The molecule has 6 heteroatoms. The monoisotopic (exact) mass is 279 g/mol. The summed E-state index contributed by atoms with van der Waals surface area (Å²) in [6.45, 7) is 0. The lowest BCUT2D eigenvalue weighted by atomic mass is 10.2. The van der Waals surface area contributed by atoms with E-state index >= 15 is 0 Å². The highest BCUT2D eigenvalue weighted by Gasteiger charge is 2.11. The van der Waals surface area contributed by atoms with Crippen LogP contribution in [0.3, 0.4) is 0 Å². The zero-order valence-electron chi connectivity index (χ0n) is 9.98. The molecule has 0 bridgehead atoms. The molecule has 0 fully saturated rings. The van der Waals surface area contributed by atoms with Crippen molar-refractivity contribution in [3.05, 3.63) is 57.6 Å². The molecule has 5 nitrogen and oxygen atoms in total. The van der Waals surface area contributed by atoms with Crippen molar-refractivity contribution >= 4 is 23.2 Å². The van der Waals surface area contributed by atoms with Crippen molar-refractivity contribution in [2.75, 3.05) is 12.4 Å². The lowest BCUT2D eigenvalue weighted by molar-refractivity contribution is 0.102. The molecule has 1 N–H and O–H groups in total. The Morgan fingerprint density at radius 2 is 2.11 bits per heavy atom. The van der Waals surface area contributed by atoms with Crippen LogP contribution in [0, 0.1) is 0 Å². The quantitative estimate of drug-likeness (QED) is 0.937. The number of hydrogen-bond acceptors (Lipinski definition) is 4. The Morgan fingerprint density at radius 1 is 1.32 bits per heavy atom. The second kappa shape index (κ2) is 5.58. The van der Waals surface area contributed by atoms with Crippen LogP contribution in [0.15, 0.2) is 45.8 Å². The molecule has 2 rings (SSSR count).